The van der Waals surface area contributed by atoms with Crippen LogP contribution in [0.25, 0.3) is 0 Å². The average molecular weight is 444 g/mol. The zero-order valence-electron chi connectivity index (χ0n) is 20.5. The third kappa shape index (κ3) is 45.3. The fourth-order valence-electron chi connectivity index (χ4n) is 3.13. The van der Waals surface area contributed by atoms with Crippen LogP contribution in [0.2, 0.25) is 0 Å². The summed E-state index contributed by atoms with van der Waals surface area (Å²) in [7, 11) is 6.25. The second-order valence-corrected chi connectivity index (χ2v) is 9.97. The minimum Gasteiger partial charge on any atom is -1.00 e. The van der Waals surface area contributed by atoms with Crippen molar-refractivity contribution in [1.82, 2.24) is 0 Å². The summed E-state index contributed by atoms with van der Waals surface area (Å²) in [6.45, 7) is 8.19. The molecule has 0 unspecified atom stereocenters. The summed E-state index contributed by atoms with van der Waals surface area (Å²) in [6, 6.07) is 0. The summed E-state index contributed by atoms with van der Waals surface area (Å²) >= 11 is 0. The van der Waals surface area contributed by atoms with Gasteiger partial charge in [0.05, 0.1) is 27.7 Å². The van der Waals surface area contributed by atoms with E-state index in [1.54, 1.807) is 0 Å². The van der Waals surface area contributed by atoms with Crippen LogP contribution >= 0.6 is 0 Å². The van der Waals surface area contributed by atoms with E-state index in [0.717, 1.165) is 6.54 Å². The Kier molecular flexibility index (Phi) is 35.3. The second kappa shape index (κ2) is 27.5. The molecule has 0 saturated heterocycles. The third-order valence-corrected chi connectivity index (χ3v) is 4.68. The van der Waals surface area contributed by atoms with Gasteiger partial charge in [-0.25, -0.2) is 0 Å². The molecule has 0 amide bonds. The molecule has 0 aliphatic heterocycles. The Balaban J connectivity index is -0.000000435. The molecule has 4 N–H and O–H groups in total. The standard InChI is InChI=1S/C21H45N.C3H9N.2ClH/c1-21(2,3)19-17-15-13-11-9-7-5-4-6-8-10-12-14-16-18-20-22;1-4(2)3;;/h4-20,22H2,1-3H3;1-3H3;2*1H. The van der Waals surface area contributed by atoms with Gasteiger partial charge in [-0.05, 0) is 24.7 Å². The normalized spacial score (nSPS) is 10.7. The Hall–Kier alpha value is 0.500. The van der Waals surface area contributed by atoms with Crippen LogP contribution < -0.4 is 35.4 Å². The van der Waals surface area contributed by atoms with Crippen molar-refractivity contribution in [3.8, 4) is 0 Å². The van der Waals surface area contributed by atoms with Gasteiger partial charge in [0.2, 0.25) is 0 Å². The maximum atomic E-state index is 3.90. The van der Waals surface area contributed by atoms with Crippen molar-refractivity contribution in [2.45, 2.75) is 124 Å². The monoisotopic (exact) mass is 442 g/mol. The summed E-state index contributed by atoms with van der Waals surface area (Å²) < 4.78 is 0. The summed E-state index contributed by atoms with van der Waals surface area (Å²) in [5.41, 5.74) is 4.43. The molecule has 0 aliphatic carbocycles. The Labute approximate surface area is 192 Å². The van der Waals surface area contributed by atoms with Crippen LogP contribution in [0.1, 0.15) is 124 Å². The van der Waals surface area contributed by atoms with E-state index in [0.29, 0.717) is 5.41 Å². The lowest BCUT2D eigenvalue weighted by Gasteiger charge is -2.17. The SMILES string of the molecule is CC(C)(C)CCCCCCCCCCCCCCCCC[NH3+].C[NH+](C)C.[Cl-].[Cl-]. The van der Waals surface area contributed by atoms with Gasteiger partial charge in [-0.3, -0.25) is 0 Å². The quantitative estimate of drug-likeness (QED) is 0.296. The minimum absolute atomic E-state index is 0. The van der Waals surface area contributed by atoms with E-state index >= 15 is 0 Å². The van der Waals surface area contributed by atoms with Gasteiger partial charge in [-0.1, -0.05) is 104 Å². The Bertz CT molecular complexity index is 251. The van der Waals surface area contributed by atoms with E-state index in [2.05, 4.69) is 47.6 Å². The molecule has 0 aromatic heterocycles. The smallest absolute Gasteiger partial charge is 0.0739 e. The first-order chi connectivity index (χ1) is 12.3. The first kappa shape index (κ1) is 35.9. The van der Waals surface area contributed by atoms with Gasteiger partial charge < -0.3 is 35.4 Å². The molecule has 0 heterocycles. The van der Waals surface area contributed by atoms with Crippen molar-refractivity contribution >= 4 is 0 Å². The molecule has 0 saturated carbocycles. The van der Waals surface area contributed by atoms with Gasteiger partial charge >= 0.3 is 0 Å². The minimum atomic E-state index is 0. The van der Waals surface area contributed by atoms with Gasteiger partial charge in [-0.2, -0.15) is 0 Å². The summed E-state index contributed by atoms with van der Waals surface area (Å²) in [5.74, 6) is 0. The predicted octanol–water partition coefficient (Wildman–Crippen LogP) is -0.715. The molecular formula is C24H56Cl2N2. The van der Waals surface area contributed by atoms with Crippen molar-refractivity contribution in [3.63, 3.8) is 0 Å². The van der Waals surface area contributed by atoms with E-state index < -0.39 is 0 Å². The van der Waals surface area contributed by atoms with Gasteiger partial charge in [-0.15, -0.1) is 0 Å². The van der Waals surface area contributed by atoms with E-state index in [1.807, 2.05) is 0 Å². The number of hydrogen-bond donors (Lipinski definition) is 2. The van der Waals surface area contributed by atoms with Gasteiger partial charge in [0.15, 0.2) is 0 Å². The van der Waals surface area contributed by atoms with Crippen LogP contribution in [0.3, 0.4) is 0 Å². The molecule has 0 radical (unpaired) electrons. The van der Waals surface area contributed by atoms with Crippen LogP contribution in [-0.4, -0.2) is 27.7 Å². The zero-order valence-corrected chi connectivity index (χ0v) is 22.0. The number of halogens is 2. The molecule has 0 atom stereocenters. The lowest BCUT2D eigenvalue weighted by atomic mass is 9.89. The molecule has 0 aromatic rings. The molecule has 4 heteroatoms. The molecule has 2 nitrogen and oxygen atoms in total. The largest absolute Gasteiger partial charge is 1.00 e. The molecule has 28 heavy (non-hydrogen) atoms. The van der Waals surface area contributed by atoms with E-state index in [4.69, 9.17) is 0 Å². The van der Waals surface area contributed by atoms with Crippen molar-refractivity contribution in [1.29, 1.82) is 0 Å². The lowest BCUT2D eigenvalue weighted by molar-refractivity contribution is -0.836. The summed E-state index contributed by atoms with van der Waals surface area (Å²) in [5, 5.41) is 0. The van der Waals surface area contributed by atoms with Gasteiger partial charge in [0, 0.05) is 0 Å². The van der Waals surface area contributed by atoms with Crippen molar-refractivity contribution in [2.24, 2.45) is 5.41 Å². The molecule has 0 bridgehead atoms. The molecular weight excluding hydrogens is 387 g/mol. The van der Waals surface area contributed by atoms with Crippen molar-refractivity contribution in [2.75, 3.05) is 27.7 Å². The number of quaternary nitrogens is 2. The molecule has 0 fully saturated rings. The molecule has 176 valence electrons. The fourth-order valence-corrected chi connectivity index (χ4v) is 3.13. The van der Waals surface area contributed by atoms with Crippen LogP contribution in [0.4, 0.5) is 0 Å². The second-order valence-electron chi connectivity index (χ2n) is 9.97. The van der Waals surface area contributed by atoms with E-state index in [1.165, 1.54) is 108 Å². The Morgan fingerprint density at radius 1 is 0.500 bits per heavy atom. The summed E-state index contributed by atoms with van der Waals surface area (Å²) in [4.78, 5) is 1.42. The lowest BCUT2D eigenvalue weighted by Crippen LogP contribution is -3.02. The van der Waals surface area contributed by atoms with E-state index in [9.17, 15) is 0 Å². The maximum absolute atomic E-state index is 3.90. The number of hydrogen-bond acceptors (Lipinski definition) is 0. The van der Waals surface area contributed by atoms with Crippen LogP contribution in [0.5, 0.6) is 0 Å². The molecule has 0 aliphatic rings. The summed E-state index contributed by atoms with van der Waals surface area (Å²) in [6.07, 6.45) is 23.1. The predicted molar refractivity (Wildman–Crippen MR) is 120 cm³/mol. The highest BCUT2D eigenvalue weighted by molar-refractivity contribution is 4.61. The topological polar surface area (TPSA) is 32.1 Å². The number of nitrogens with one attached hydrogen (secondary N) is 1. The zero-order chi connectivity index (χ0) is 20.1. The van der Waals surface area contributed by atoms with Crippen molar-refractivity contribution < 1.29 is 35.4 Å². The van der Waals surface area contributed by atoms with Crippen LogP contribution in [0, 0.1) is 5.41 Å². The fraction of sp³-hybridized carbons (Fsp3) is 1.00. The average Bonchev–Trinajstić information content (AvgIpc) is 2.53. The van der Waals surface area contributed by atoms with Gasteiger partial charge in [0.1, 0.15) is 0 Å². The number of unbranched alkanes of at least 4 members (excludes halogenated alkanes) is 14. The highest BCUT2D eigenvalue weighted by Gasteiger charge is 2.08. The van der Waals surface area contributed by atoms with Crippen molar-refractivity contribution in [3.05, 3.63) is 0 Å². The first-order valence-corrected chi connectivity index (χ1v) is 11.9. The first-order valence-electron chi connectivity index (χ1n) is 11.9. The maximum Gasteiger partial charge on any atom is 0.0739 e. The Morgan fingerprint density at radius 3 is 0.929 bits per heavy atom. The highest BCUT2D eigenvalue weighted by Crippen LogP contribution is 2.22. The van der Waals surface area contributed by atoms with Gasteiger partial charge in [0.25, 0.3) is 0 Å². The molecule has 0 rings (SSSR count). The molecule has 0 spiro atoms. The highest BCUT2D eigenvalue weighted by atomic mass is 35.5. The van der Waals surface area contributed by atoms with Crippen LogP contribution in [-0.2, 0) is 0 Å². The third-order valence-electron chi connectivity index (χ3n) is 4.68. The molecule has 0 aromatic carbocycles. The Morgan fingerprint density at radius 2 is 0.714 bits per heavy atom. The van der Waals surface area contributed by atoms with Crippen LogP contribution in [0.15, 0.2) is 0 Å². The van der Waals surface area contributed by atoms with E-state index in [-0.39, 0.29) is 24.8 Å². The number of rotatable bonds is 16.